The van der Waals surface area contributed by atoms with Crippen molar-refractivity contribution in [3.63, 3.8) is 0 Å². The lowest BCUT2D eigenvalue weighted by atomic mass is 10.3. The van der Waals surface area contributed by atoms with Gasteiger partial charge in [-0.05, 0) is 52.0 Å². The van der Waals surface area contributed by atoms with E-state index in [1.54, 1.807) is 7.11 Å². The first-order chi connectivity index (χ1) is 14.4. The topological polar surface area (TPSA) is 104 Å². The highest BCUT2D eigenvalue weighted by molar-refractivity contribution is 8.00. The molecule has 0 aliphatic rings. The van der Waals surface area contributed by atoms with Crippen LogP contribution in [0.3, 0.4) is 0 Å². The van der Waals surface area contributed by atoms with Gasteiger partial charge in [0.2, 0.25) is 11.0 Å². The smallest absolute Gasteiger partial charge is 0.239 e. The zero-order valence-electron chi connectivity index (χ0n) is 17.4. The van der Waals surface area contributed by atoms with Crippen LogP contribution in [0.15, 0.2) is 29.4 Å². The molecule has 0 saturated heterocycles. The number of anilines is 1. The minimum Gasteiger partial charge on any atom is -0.497 e. The van der Waals surface area contributed by atoms with Gasteiger partial charge in [0.25, 0.3) is 0 Å². The van der Waals surface area contributed by atoms with Gasteiger partial charge in [0, 0.05) is 6.54 Å². The Morgan fingerprint density at radius 3 is 2.47 bits per heavy atom. The molecule has 0 aliphatic carbocycles. The Labute approximate surface area is 183 Å². The Kier molecular flexibility index (Phi) is 7.27. The molecule has 1 N–H and O–H groups in total. The summed E-state index contributed by atoms with van der Waals surface area (Å²) in [5.41, 5.74) is 0. The molecule has 1 aromatic carbocycles. The lowest BCUT2D eigenvalue weighted by molar-refractivity contribution is -0.115. The lowest BCUT2D eigenvalue weighted by Crippen LogP contribution is -2.23. The van der Waals surface area contributed by atoms with Gasteiger partial charge >= 0.3 is 0 Å². The second kappa shape index (κ2) is 9.90. The number of hydrogen-bond acceptors (Lipinski definition) is 9. The van der Waals surface area contributed by atoms with E-state index >= 15 is 0 Å². The number of ether oxygens (including phenoxy) is 2. The van der Waals surface area contributed by atoms with Crippen LogP contribution in [0.2, 0.25) is 0 Å². The summed E-state index contributed by atoms with van der Waals surface area (Å²) in [6.45, 7) is 8.24. The van der Waals surface area contributed by atoms with Crippen molar-refractivity contribution in [1.29, 1.82) is 0 Å². The van der Waals surface area contributed by atoms with Crippen molar-refractivity contribution >= 4 is 34.1 Å². The van der Waals surface area contributed by atoms with Crippen molar-refractivity contribution < 1.29 is 14.3 Å². The summed E-state index contributed by atoms with van der Waals surface area (Å²) in [7, 11) is 1.62. The predicted octanol–water partition coefficient (Wildman–Crippen LogP) is 3.73. The van der Waals surface area contributed by atoms with Crippen molar-refractivity contribution in [1.82, 2.24) is 25.0 Å². The molecule has 2 atom stereocenters. The maximum absolute atomic E-state index is 12.5. The molecule has 11 heteroatoms. The first-order valence-electron chi connectivity index (χ1n) is 9.42. The standard InChI is InChI=1S/C19H24N6O3S2/c1-6-25-16(11(2)28-15-9-7-14(27-5)8-10-15)22-24-19(25)29-12(3)17(26)20-18-23-21-13(4)30-18/h7-12H,6H2,1-5H3,(H,20,23,26). The van der Waals surface area contributed by atoms with E-state index in [2.05, 4.69) is 25.7 Å². The van der Waals surface area contributed by atoms with Gasteiger partial charge in [-0.15, -0.1) is 20.4 Å². The second-order valence-electron chi connectivity index (χ2n) is 6.40. The summed E-state index contributed by atoms with van der Waals surface area (Å²) in [4.78, 5) is 12.5. The number of aryl methyl sites for hydroxylation is 1. The van der Waals surface area contributed by atoms with Gasteiger partial charge in [0.15, 0.2) is 17.1 Å². The number of amides is 1. The third-order valence-corrected chi connectivity index (χ3v) is 6.04. The predicted molar refractivity (Wildman–Crippen MR) is 116 cm³/mol. The molecule has 1 amide bonds. The number of benzene rings is 1. The van der Waals surface area contributed by atoms with Crippen LogP contribution in [-0.4, -0.2) is 43.2 Å². The Hall–Kier alpha value is -2.66. The molecule has 0 radical (unpaired) electrons. The Morgan fingerprint density at radius 2 is 1.87 bits per heavy atom. The summed E-state index contributed by atoms with van der Waals surface area (Å²) >= 11 is 2.68. The van der Waals surface area contributed by atoms with E-state index in [1.807, 2.05) is 56.5 Å². The largest absolute Gasteiger partial charge is 0.497 e. The highest BCUT2D eigenvalue weighted by atomic mass is 32.2. The van der Waals surface area contributed by atoms with Crippen LogP contribution >= 0.6 is 23.1 Å². The summed E-state index contributed by atoms with van der Waals surface area (Å²) < 4.78 is 13.1. The number of nitrogens with zero attached hydrogens (tertiary/aromatic N) is 5. The van der Waals surface area contributed by atoms with Crippen LogP contribution in [0.5, 0.6) is 11.5 Å². The molecule has 0 saturated carbocycles. The summed E-state index contributed by atoms with van der Waals surface area (Å²) in [6, 6.07) is 7.37. The molecule has 0 spiro atoms. The molecule has 30 heavy (non-hydrogen) atoms. The number of methoxy groups -OCH3 is 1. The van der Waals surface area contributed by atoms with Crippen LogP contribution in [0.25, 0.3) is 0 Å². The van der Waals surface area contributed by atoms with Crippen LogP contribution in [-0.2, 0) is 11.3 Å². The van der Waals surface area contributed by atoms with Crippen molar-refractivity contribution in [2.45, 2.75) is 50.8 Å². The third kappa shape index (κ3) is 5.28. The molecule has 160 valence electrons. The zero-order chi connectivity index (χ0) is 21.7. The number of rotatable bonds is 9. The fourth-order valence-corrected chi connectivity index (χ4v) is 4.18. The minimum absolute atomic E-state index is 0.161. The molecule has 3 aromatic rings. The fourth-order valence-electron chi connectivity index (χ4n) is 2.66. The van der Waals surface area contributed by atoms with Crippen LogP contribution in [0.1, 0.15) is 37.7 Å². The van der Waals surface area contributed by atoms with Gasteiger partial charge in [0.1, 0.15) is 16.5 Å². The van der Waals surface area contributed by atoms with Crippen molar-refractivity contribution in [2.75, 3.05) is 12.4 Å². The Bertz CT molecular complexity index is 989. The molecule has 0 fully saturated rings. The molecule has 9 nitrogen and oxygen atoms in total. The number of aromatic nitrogens is 5. The second-order valence-corrected chi connectivity index (χ2v) is 8.89. The number of carbonyl (C=O) groups excluding carboxylic acids is 1. The molecule has 2 unspecified atom stereocenters. The Balaban J connectivity index is 1.67. The normalized spacial score (nSPS) is 13.0. The van der Waals surface area contributed by atoms with Crippen molar-refractivity contribution in [3.8, 4) is 11.5 Å². The molecular weight excluding hydrogens is 424 g/mol. The SMILES string of the molecule is CCn1c(SC(C)C(=O)Nc2nnc(C)s2)nnc1C(C)Oc1ccc(OC)cc1. The zero-order valence-corrected chi connectivity index (χ0v) is 19.1. The average molecular weight is 449 g/mol. The summed E-state index contributed by atoms with van der Waals surface area (Å²) in [6.07, 6.45) is -0.311. The fraction of sp³-hybridized carbons (Fsp3) is 0.421. The number of nitrogens with one attached hydrogen (secondary N) is 1. The lowest BCUT2D eigenvalue weighted by Gasteiger charge is -2.16. The molecule has 0 bridgehead atoms. The average Bonchev–Trinajstić information content (AvgIpc) is 3.33. The molecular formula is C19H24N6O3S2. The van der Waals surface area contributed by atoms with Gasteiger partial charge in [-0.3, -0.25) is 10.1 Å². The third-order valence-electron chi connectivity index (χ3n) is 4.21. The van der Waals surface area contributed by atoms with Gasteiger partial charge in [-0.25, -0.2) is 0 Å². The van der Waals surface area contributed by atoms with Crippen molar-refractivity contribution in [3.05, 3.63) is 35.1 Å². The Morgan fingerprint density at radius 1 is 1.17 bits per heavy atom. The maximum atomic E-state index is 12.5. The van der Waals surface area contributed by atoms with E-state index in [9.17, 15) is 4.79 Å². The molecule has 0 aliphatic heterocycles. The van der Waals surface area contributed by atoms with E-state index < -0.39 is 0 Å². The van der Waals surface area contributed by atoms with Crippen LogP contribution in [0, 0.1) is 6.92 Å². The minimum atomic E-state index is -0.380. The summed E-state index contributed by atoms with van der Waals surface area (Å²) in [5.74, 6) is 2.01. The van der Waals surface area contributed by atoms with Gasteiger partial charge in [-0.2, -0.15) is 0 Å². The number of carbonyl (C=O) groups is 1. The maximum Gasteiger partial charge on any atom is 0.239 e. The first kappa shape index (κ1) is 22.0. The van der Waals surface area contributed by atoms with E-state index in [1.165, 1.54) is 23.1 Å². The van der Waals surface area contributed by atoms with E-state index in [0.29, 0.717) is 28.4 Å². The van der Waals surface area contributed by atoms with E-state index in [0.717, 1.165) is 10.8 Å². The van der Waals surface area contributed by atoms with Crippen molar-refractivity contribution in [2.24, 2.45) is 0 Å². The quantitative estimate of drug-likeness (QED) is 0.494. The molecule has 3 rings (SSSR count). The van der Waals surface area contributed by atoms with Crippen LogP contribution < -0.4 is 14.8 Å². The van der Waals surface area contributed by atoms with Gasteiger partial charge in [0.05, 0.1) is 12.4 Å². The van der Waals surface area contributed by atoms with Gasteiger partial charge in [-0.1, -0.05) is 23.1 Å². The monoisotopic (exact) mass is 448 g/mol. The number of thioether (sulfide) groups is 1. The van der Waals surface area contributed by atoms with E-state index in [4.69, 9.17) is 9.47 Å². The highest BCUT2D eigenvalue weighted by Gasteiger charge is 2.23. The first-order valence-corrected chi connectivity index (χ1v) is 11.1. The van der Waals surface area contributed by atoms with Crippen LogP contribution in [0.4, 0.5) is 5.13 Å². The van der Waals surface area contributed by atoms with E-state index in [-0.39, 0.29) is 17.3 Å². The summed E-state index contributed by atoms with van der Waals surface area (Å²) in [5, 5.41) is 20.8. The number of hydrogen-bond donors (Lipinski definition) is 1. The van der Waals surface area contributed by atoms with Gasteiger partial charge < -0.3 is 14.0 Å². The molecule has 2 heterocycles. The highest BCUT2D eigenvalue weighted by Crippen LogP contribution is 2.28. The molecule has 2 aromatic heterocycles.